The van der Waals surface area contributed by atoms with E-state index in [-0.39, 0.29) is 0 Å². The first-order valence-corrected chi connectivity index (χ1v) is 10.8. The maximum absolute atomic E-state index is 10.6. The smallest absolute Gasteiger partial charge is 0.119 e. The average Bonchev–Trinajstić information content (AvgIpc) is 3.15. The van der Waals surface area contributed by atoms with Crippen LogP contribution in [0.25, 0.3) is 0 Å². The van der Waals surface area contributed by atoms with Crippen LogP contribution in [0.5, 0.6) is 5.75 Å². The maximum Gasteiger partial charge on any atom is 0.119 e. The Kier molecular flexibility index (Phi) is 8.12. The number of nitrogens with zero attached hydrogens (tertiary/aromatic N) is 2. The molecule has 0 fully saturated rings. The summed E-state index contributed by atoms with van der Waals surface area (Å²) in [4.78, 5) is 2.33. The van der Waals surface area contributed by atoms with Crippen molar-refractivity contribution < 1.29 is 9.84 Å². The summed E-state index contributed by atoms with van der Waals surface area (Å²) in [6.45, 7) is 10.1. The van der Waals surface area contributed by atoms with E-state index in [1.165, 1.54) is 16.8 Å². The molecule has 4 nitrogen and oxygen atoms in total. The molecule has 0 aliphatic heterocycles. The Bertz CT molecular complexity index is 889. The molecule has 0 spiro atoms. The Morgan fingerprint density at radius 2 is 1.67 bits per heavy atom. The molecule has 1 aromatic heterocycles. The van der Waals surface area contributed by atoms with Crippen LogP contribution in [0.1, 0.15) is 30.7 Å². The van der Waals surface area contributed by atoms with Crippen LogP contribution in [-0.2, 0) is 13.1 Å². The Balaban J connectivity index is 1.62. The third kappa shape index (κ3) is 6.75. The highest BCUT2D eigenvalue weighted by Crippen LogP contribution is 2.15. The number of aromatic nitrogens is 1. The van der Waals surface area contributed by atoms with Crippen LogP contribution in [0.2, 0.25) is 0 Å². The van der Waals surface area contributed by atoms with E-state index in [0.717, 1.165) is 25.4 Å². The molecule has 0 saturated carbocycles. The van der Waals surface area contributed by atoms with Crippen molar-refractivity contribution in [3.63, 3.8) is 0 Å². The number of aliphatic hydroxyl groups is 1. The number of aryl methyl sites for hydroxylation is 1. The lowest BCUT2D eigenvalue weighted by atomic mass is 10.1. The molecule has 4 heteroatoms. The molecule has 0 radical (unpaired) electrons. The molecule has 2 aromatic carbocycles. The number of hydrogen-bond donors (Lipinski definition) is 1. The van der Waals surface area contributed by atoms with E-state index in [1.807, 2.05) is 30.3 Å². The van der Waals surface area contributed by atoms with Crippen molar-refractivity contribution >= 4 is 0 Å². The van der Waals surface area contributed by atoms with Gasteiger partial charge < -0.3 is 14.4 Å². The van der Waals surface area contributed by atoms with Gasteiger partial charge in [-0.2, -0.15) is 0 Å². The van der Waals surface area contributed by atoms with Gasteiger partial charge in [0.2, 0.25) is 0 Å². The van der Waals surface area contributed by atoms with Crippen LogP contribution in [0.4, 0.5) is 0 Å². The molecule has 30 heavy (non-hydrogen) atoms. The summed E-state index contributed by atoms with van der Waals surface area (Å²) < 4.78 is 8.05. The van der Waals surface area contributed by atoms with E-state index in [0.29, 0.717) is 19.1 Å². The fraction of sp³-hybridized carbons (Fsp3) is 0.385. The fourth-order valence-corrected chi connectivity index (χ4v) is 3.73. The zero-order valence-electron chi connectivity index (χ0n) is 18.4. The molecular weight excluding hydrogens is 372 g/mol. The number of rotatable bonds is 11. The lowest BCUT2D eigenvalue weighted by Crippen LogP contribution is -2.37. The molecule has 0 amide bonds. The zero-order valence-corrected chi connectivity index (χ0v) is 18.4. The molecule has 0 bridgehead atoms. The first kappa shape index (κ1) is 22.1. The highest BCUT2D eigenvalue weighted by molar-refractivity contribution is 5.26. The van der Waals surface area contributed by atoms with Crippen molar-refractivity contribution in [1.82, 2.24) is 9.47 Å². The second-order valence-corrected chi connectivity index (χ2v) is 8.42. The van der Waals surface area contributed by atoms with Crippen LogP contribution in [0, 0.1) is 12.8 Å². The minimum absolute atomic E-state index is 0.294. The van der Waals surface area contributed by atoms with Crippen molar-refractivity contribution in [2.24, 2.45) is 5.92 Å². The molecule has 3 aromatic rings. The third-order valence-corrected chi connectivity index (χ3v) is 5.19. The second-order valence-electron chi connectivity index (χ2n) is 8.42. The standard InChI is InChI=1S/C26H34N2O2/c1-21(2)16-27(19-25(29)20-30-26-13-5-4-6-14-26)18-24-12-9-15-28(24)17-23-11-8-7-10-22(23)3/h4-15,21,25,29H,16-20H2,1-3H3/t25-/m0/s1. The molecule has 1 heterocycles. The Labute approximate surface area is 180 Å². The number of benzene rings is 2. The zero-order chi connectivity index (χ0) is 21.3. The highest BCUT2D eigenvalue weighted by Gasteiger charge is 2.16. The monoisotopic (exact) mass is 406 g/mol. The van der Waals surface area contributed by atoms with E-state index < -0.39 is 6.10 Å². The van der Waals surface area contributed by atoms with Gasteiger partial charge in [-0.05, 0) is 48.2 Å². The minimum atomic E-state index is -0.538. The summed E-state index contributed by atoms with van der Waals surface area (Å²) in [5.41, 5.74) is 3.90. The van der Waals surface area contributed by atoms with E-state index in [2.05, 4.69) is 72.8 Å². The van der Waals surface area contributed by atoms with Gasteiger partial charge in [-0.1, -0.05) is 56.3 Å². The Hall–Kier alpha value is -2.56. The van der Waals surface area contributed by atoms with Crippen molar-refractivity contribution in [1.29, 1.82) is 0 Å². The molecule has 0 saturated heterocycles. The van der Waals surface area contributed by atoms with Gasteiger partial charge in [0.1, 0.15) is 18.5 Å². The number of aliphatic hydroxyl groups excluding tert-OH is 1. The van der Waals surface area contributed by atoms with Gasteiger partial charge >= 0.3 is 0 Å². The summed E-state index contributed by atoms with van der Waals surface area (Å²) in [6.07, 6.45) is 1.60. The molecule has 160 valence electrons. The predicted octanol–water partition coefficient (Wildman–Crippen LogP) is 4.74. The van der Waals surface area contributed by atoms with Gasteiger partial charge in [0.05, 0.1) is 0 Å². The maximum atomic E-state index is 10.6. The molecule has 0 aliphatic rings. The number of hydrogen-bond acceptors (Lipinski definition) is 3. The minimum Gasteiger partial charge on any atom is -0.491 e. The van der Waals surface area contributed by atoms with Crippen LogP contribution in [0.3, 0.4) is 0 Å². The van der Waals surface area contributed by atoms with Crippen molar-refractivity contribution in [2.75, 3.05) is 19.7 Å². The lowest BCUT2D eigenvalue weighted by molar-refractivity contribution is 0.0607. The molecule has 1 N–H and O–H groups in total. The van der Waals surface area contributed by atoms with Crippen LogP contribution in [0.15, 0.2) is 72.9 Å². The lowest BCUT2D eigenvalue weighted by Gasteiger charge is -2.27. The first-order chi connectivity index (χ1) is 14.5. The molecule has 3 rings (SSSR count). The van der Waals surface area contributed by atoms with E-state index >= 15 is 0 Å². The first-order valence-electron chi connectivity index (χ1n) is 10.8. The normalized spacial score (nSPS) is 12.5. The largest absolute Gasteiger partial charge is 0.491 e. The SMILES string of the molecule is Cc1ccccc1Cn1cccc1CN(CC(C)C)C[C@H](O)COc1ccccc1. The summed E-state index contributed by atoms with van der Waals surface area (Å²) in [5.74, 6) is 1.31. The van der Waals surface area contributed by atoms with Crippen LogP contribution in [-0.4, -0.2) is 40.4 Å². The summed E-state index contributed by atoms with van der Waals surface area (Å²) in [5, 5.41) is 10.6. The van der Waals surface area contributed by atoms with Crippen molar-refractivity contribution in [2.45, 2.75) is 40.0 Å². The molecule has 0 unspecified atom stereocenters. The Morgan fingerprint density at radius 1 is 0.933 bits per heavy atom. The van der Waals surface area contributed by atoms with Crippen molar-refractivity contribution in [3.05, 3.63) is 89.7 Å². The average molecular weight is 407 g/mol. The summed E-state index contributed by atoms with van der Waals surface area (Å²) in [6, 6.07) is 22.5. The molecule has 1 atom stereocenters. The summed E-state index contributed by atoms with van der Waals surface area (Å²) >= 11 is 0. The fourth-order valence-electron chi connectivity index (χ4n) is 3.73. The summed E-state index contributed by atoms with van der Waals surface area (Å²) in [7, 11) is 0. The quantitative estimate of drug-likeness (QED) is 0.500. The topological polar surface area (TPSA) is 37.6 Å². The van der Waals surface area contributed by atoms with Gasteiger partial charge in [-0.15, -0.1) is 0 Å². The highest BCUT2D eigenvalue weighted by atomic mass is 16.5. The molecule has 0 aliphatic carbocycles. The van der Waals surface area contributed by atoms with E-state index in [9.17, 15) is 5.11 Å². The van der Waals surface area contributed by atoms with E-state index in [1.54, 1.807) is 0 Å². The third-order valence-electron chi connectivity index (χ3n) is 5.19. The predicted molar refractivity (Wildman–Crippen MR) is 123 cm³/mol. The second kappa shape index (κ2) is 11.0. The van der Waals surface area contributed by atoms with Gasteiger partial charge in [0.15, 0.2) is 0 Å². The van der Waals surface area contributed by atoms with Crippen LogP contribution >= 0.6 is 0 Å². The van der Waals surface area contributed by atoms with Crippen molar-refractivity contribution in [3.8, 4) is 5.75 Å². The van der Waals surface area contributed by atoms with Gasteiger partial charge in [-0.3, -0.25) is 4.90 Å². The Morgan fingerprint density at radius 3 is 2.40 bits per heavy atom. The van der Waals surface area contributed by atoms with Gasteiger partial charge in [0.25, 0.3) is 0 Å². The molecular formula is C26H34N2O2. The van der Waals surface area contributed by atoms with Gasteiger partial charge in [0, 0.05) is 38.1 Å². The van der Waals surface area contributed by atoms with Gasteiger partial charge in [-0.25, -0.2) is 0 Å². The number of para-hydroxylation sites is 1. The number of ether oxygens (including phenoxy) is 1. The van der Waals surface area contributed by atoms with E-state index in [4.69, 9.17) is 4.74 Å². The van der Waals surface area contributed by atoms with Crippen LogP contribution < -0.4 is 4.74 Å².